The van der Waals surface area contributed by atoms with E-state index in [1.807, 2.05) is 41.6 Å². The molecule has 10 heteroatoms. The third kappa shape index (κ3) is 3.92. The predicted molar refractivity (Wildman–Crippen MR) is 134 cm³/mol. The van der Waals surface area contributed by atoms with Gasteiger partial charge in [-0.2, -0.15) is 0 Å². The van der Waals surface area contributed by atoms with Gasteiger partial charge in [0.15, 0.2) is 0 Å². The van der Waals surface area contributed by atoms with Gasteiger partial charge in [-0.15, -0.1) is 34.3 Å². The van der Waals surface area contributed by atoms with Crippen molar-refractivity contribution in [1.82, 2.24) is 4.90 Å². The average molecular weight is 507 g/mol. The number of aryl methyl sites for hydroxylation is 2. The third-order valence-corrected chi connectivity index (χ3v) is 7.43. The first kappa shape index (κ1) is 22.8. The minimum Gasteiger partial charge on any atom is -0.315 e. The first-order chi connectivity index (χ1) is 15.3. The largest absolute Gasteiger partial charge is 0.337 e. The Morgan fingerprint density at radius 3 is 2.12 bits per heavy atom. The highest BCUT2D eigenvalue weighted by atomic mass is 35.5. The third-order valence-electron chi connectivity index (χ3n) is 5.17. The van der Waals surface area contributed by atoms with Crippen LogP contribution >= 0.6 is 45.9 Å². The number of urea groups is 1. The van der Waals surface area contributed by atoms with E-state index in [2.05, 4.69) is 0 Å². The van der Waals surface area contributed by atoms with Crippen molar-refractivity contribution < 1.29 is 9.59 Å². The molecule has 3 amide bonds. The van der Waals surface area contributed by atoms with Gasteiger partial charge in [0.25, 0.3) is 5.91 Å². The Balaban J connectivity index is 1.86. The van der Waals surface area contributed by atoms with Crippen LogP contribution in [0.3, 0.4) is 0 Å². The number of carbonyl (C=O) groups is 2. The Labute approximate surface area is 204 Å². The van der Waals surface area contributed by atoms with Crippen LogP contribution in [-0.4, -0.2) is 41.8 Å². The number of rotatable bonds is 6. The lowest BCUT2D eigenvalue weighted by atomic mass is 10.2. The minimum atomic E-state index is -0.624. The summed E-state index contributed by atoms with van der Waals surface area (Å²) in [7, 11) is 1.43. The number of amides is 3. The van der Waals surface area contributed by atoms with Gasteiger partial charge in [-0.25, -0.2) is 14.7 Å². The van der Waals surface area contributed by atoms with Crippen molar-refractivity contribution in [2.75, 3.05) is 22.7 Å². The minimum absolute atomic E-state index is 0.0120. The van der Waals surface area contributed by atoms with Gasteiger partial charge in [0, 0.05) is 16.8 Å². The van der Waals surface area contributed by atoms with Gasteiger partial charge in [-0.05, 0) is 48.9 Å². The molecule has 3 aromatic rings. The number of thiophene rings is 2. The van der Waals surface area contributed by atoms with E-state index in [-0.39, 0.29) is 11.7 Å². The smallest absolute Gasteiger partial charge is 0.315 e. The summed E-state index contributed by atoms with van der Waals surface area (Å²) in [6.07, 6.45) is -0.624. The monoisotopic (exact) mass is 506 g/mol. The van der Waals surface area contributed by atoms with E-state index in [9.17, 15) is 9.59 Å². The number of benzene rings is 1. The second kappa shape index (κ2) is 9.23. The van der Waals surface area contributed by atoms with Crippen molar-refractivity contribution in [3.63, 3.8) is 0 Å². The van der Waals surface area contributed by atoms with Gasteiger partial charge in [-0.1, -0.05) is 23.7 Å². The number of anilines is 3. The maximum absolute atomic E-state index is 13.0. The van der Waals surface area contributed by atoms with E-state index < -0.39 is 18.1 Å². The zero-order valence-corrected chi connectivity index (χ0v) is 20.7. The molecule has 0 bridgehead atoms. The van der Waals surface area contributed by atoms with E-state index in [4.69, 9.17) is 28.2 Å². The van der Waals surface area contributed by atoms with Gasteiger partial charge in [-0.3, -0.25) is 9.69 Å². The molecule has 3 heterocycles. The zero-order chi connectivity index (χ0) is 23.0. The Hall–Kier alpha value is -2.39. The van der Waals surface area contributed by atoms with Crippen LogP contribution < -0.4 is 9.80 Å². The van der Waals surface area contributed by atoms with E-state index >= 15 is 0 Å². The maximum Gasteiger partial charge on any atom is 0.337 e. The number of hydrogen-bond acceptors (Lipinski definition) is 6. The number of aliphatic imine (C=N–C) groups is 1. The SMILES string of the molecule is Cc1sccc1N(c1ccsc1C)C(CCl)N=C1C(=O)N(C)C(=O)N1c1ccccc1Cl. The molecule has 6 nitrogen and oxygen atoms in total. The van der Waals surface area contributed by atoms with Gasteiger partial charge in [0.1, 0.15) is 6.17 Å². The van der Waals surface area contributed by atoms with E-state index in [1.54, 1.807) is 46.9 Å². The van der Waals surface area contributed by atoms with E-state index in [1.165, 1.54) is 11.9 Å². The molecule has 1 unspecified atom stereocenters. The molecule has 0 spiro atoms. The van der Waals surface area contributed by atoms with Crippen LogP contribution in [0.15, 0.2) is 52.2 Å². The van der Waals surface area contributed by atoms with Crippen molar-refractivity contribution in [2.45, 2.75) is 20.0 Å². The van der Waals surface area contributed by atoms with Crippen molar-refractivity contribution in [2.24, 2.45) is 4.99 Å². The molecule has 1 saturated heterocycles. The highest BCUT2D eigenvalue weighted by Crippen LogP contribution is 2.38. The number of para-hydroxylation sites is 1. The Bertz CT molecular complexity index is 1170. The number of nitrogens with zero attached hydrogens (tertiary/aromatic N) is 4. The number of amidine groups is 1. The summed E-state index contributed by atoms with van der Waals surface area (Å²) in [5, 5.41) is 4.36. The second-order valence-corrected chi connectivity index (χ2v) is 10.1. The molecule has 0 aliphatic carbocycles. The lowest BCUT2D eigenvalue weighted by Crippen LogP contribution is -2.37. The van der Waals surface area contributed by atoms with Crippen LogP contribution in [0.25, 0.3) is 0 Å². The zero-order valence-electron chi connectivity index (χ0n) is 17.6. The summed E-state index contributed by atoms with van der Waals surface area (Å²) < 4.78 is 0. The average Bonchev–Trinajstić information content (AvgIpc) is 3.45. The molecule has 1 atom stereocenters. The normalized spacial score (nSPS) is 16.3. The summed E-state index contributed by atoms with van der Waals surface area (Å²) in [5.74, 6) is -0.411. The molecular formula is C22H20Cl2N4O2S2. The Kier molecular flexibility index (Phi) is 6.57. The second-order valence-electron chi connectivity index (χ2n) is 7.12. The number of imide groups is 1. The summed E-state index contributed by atoms with van der Waals surface area (Å²) in [5.41, 5.74) is 2.32. The summed E-state index contributed by atoms with van der Waals surface area (Å²) >= 11 is 16.0. The van der Waals surface area contributed by atoms with Crippen molar-refractivity contribution in [1.29, 1.82) is 0 Å². The molecule has 0 saturated carbocycles. The predicted octanol–water partition coefficient (Wildman–Crippen LogP) is 6.28. The highest BCUT2D eigenvalue weighted by molar-refractivity contribution is 7.10. The molecule has 1 fully saturated rings. The van der Waals surface area contributed by atoms with Crippen LogP contribution in [-0.2, 0) is 4.79 Å². The Morgan fingerprint density at radius 2 is 1.62 bits per heavy atom. The number of hydrogen-bond donors (Lipinski definition) is 0. The van der Waals surface area contributed by atoms with Crippen LogP contribution in [0.1, 0.15) is 9.75 Å². The topological polar surface area (TPSA) is 56.2 Å². The molecule has 166 valence electrons. The van der Waals surface area contributed by atoms with Crippen LogP contribution in [0, 0.1) is 13.8 Å². The van der Waals surface area contributed by atoms with Crippen LogP contribution in [0.2, 0.25) is 5.02 Å². The standard InChI is InChI=1S/C22H20Cl2N4O2S2/c1-13-16(8-10-31-13)27(17-9-11-32-14(17)2)19(12-23)25-20-21(29)26(3)22(30)28(20)18-7-5-4-6-15(18)24/h4-11,19H,12H2,1-3H3. The molecule has 0 radical (unpaired) electrons. The summed E-state index contributed by atoms with van der Waals surface area (Å²) in [6.45, 7) is 4.06. The number of carbonyl (C=O) groups excluding carboxylic acids is 2. The highest BCUT2D eigenvalue weighted by Gasteiger charge is 2.43. The number of halogens is 2. The number of likely N-dealkylation sites (N-methyl/N-ethyl adjacent to an activating group) is 1. The van der Waals surface area contributed by atoms with Crippen LogP contribution in [0.4, 0.5) is 21.9 Å². The van der Waals surface area contributed by atoms with Gasteiger partial charge < -0.3 is 4.90 Å². The van der Waals surface area contributed by atoms with E-state index in [0.29, 0.717) is 10.7 Å². The fourth-order valence-corrected chi connectivity index (χ4v) is 5.35. The van der Waals surface area contributed by atoms with Crippen LogP contribution in [0.5, 0.6) is 0 Å². The van der Waals surface area contributed by atoms with E-state index in [0.717, 1.165) is 26.0 Å². The Morgan fingerprint density at radius 1 is 1.03 bits per heavy atom. The molecule has 0 N–H and O–H groups in total. The molecular weight excluding hydrogens is 487 g/mol. The molecule has 4 rings (SSSR count). The van der Waals surface area contributed by atoms with Gasteiger partial charge in [0.05, 0.1) is 28.0 Å². The van der Waals surface area contributed by atoms with Crippen molar-refractivity contribution in [3.8, 4) is 0 Å². The molecule has 1 aliphatic heterocycles. The van der Waals surface area contributed by atoms with Gasteiger partial charge >= 0.3 is 6.03 Å². The molecule has 1 aliphatic rings. The summed E-state index contributed by atoms with van der Waals surface area (Å²) in [6, 6.07) is 10.4. The fraction of sp³-hybridized carbons (Fsp3) is 0.227. The van der Waals surface area contributed by atoms with Crippen molar-refractivity contribution >= 4 is 80.7 Å². The quantitative estimate of drug-likeness (QED) is 0.292. The molecule has 32 heavy (non-hydrogen) atoms. The molecule has 1 aromatic carbocycles. The number of alkyl halides is 1. The molecule has 2 aromatic heterocycles. The van der Waals surface area contributed by atoms with Crippen molar-refractivity contribution in [3.05, 3.63) is 61.9 Å². The fourth-order valence-electron chi connectivity index (χ4n) is 3.55. The first-order valence-electron chi connectivity index (χ1n) is 9.73. The first-order valence-corrected chi connectivity index (χ1v) is 12.4. The summed E-state index contributed by atoms with van der Waals surface area (Å²) in [4.78, 5) is 37.2. The lowest BCUT2D eigenvalue weighted by Gasteiger charge is -2.30. The lowest BCUT2D eigenvalue weighted by molar-refractivity contribution is -0.119. The van der Waals surface area contributed by atoms with Gasteiger partial charge in [0.2, 0.25) is 5.84 Å². The maximum atomic E-state index is 13.0.